The maximum atomic E-state index is 13.4. The molecule has 1 N–H and O–H groups in total. The number of halogens is 4. The summed E-state index contributed by atoms with van der Waals surface area (Å²) in [6, 6.07) is 3.65. The number of carbonyl (C=O) groups excluding carboxylic acids is 1. The van der Waals surface area contributed by atoms with E-state index in [1.165, 1.54) is 18.3 Å². The Kier molecular flexibility index (Phi) is 6.28. The van der Waals surface area contributed by atoms with E-state index in [1.54, 1.807) is 20.2 Å². The molecule has 0 saturated heterocycles. The summed E-state index contributed by atoms with van der Waals surface area (Å²) < 4.78 is 46.0. The van der Waals surface area contributed by atoms with Crippen molar-refractivity contribution >= 4 is 17.5 Å². The fourth-order valence-electron chi connectivity index (χ4n) is 3.44. The second-order valence-electron chi connectivity index (χ2n) is 7.34. The van der Waals surface area contributed by atoms with E-state index in [0.29, 0.717) is 31.5 Å². The molecule has 2 aromatic rings. The minimum atomic E-state index is -4.75. The summed E-state index contributed by atoms with van der Waals surface area (Å²) in [6.07, 6.45) is 2.24. The van der Waals surface area contributed by atoms with Crippen LogP contribution >= 0.6 is 11.6 Å². The molecule has 2 aromatic heterocycles. The number of carbonyl (C=O) groups is 1. The highest BCUT2D eigenvalue weighted by atomic mass is 35.5. The van der Waals surface area contributed by atoms with Crippen LogP contribution in [0.25, 0.3) is 5.82 Å². The molecule has 4 heterocycles. The highest BCUT2D eigenvalue weighted by molar-refractivity contribution is 6.32. The van der Waals surface area contributed by atoms with Gasteiger partial charge in [0.25, 0.3) is 5.91 Å². The number of nitrogens with zero attached hydrogens (tertiary/aromatic N) is 5. The normalized spacial score (nSPS) is 16.3. The SMILES string of the molecule is COCCN1CC=C2C=C(C)C(NC(=O)c3cc(C(F)(F)F)nn3-c3ncccc3Cl)=CN21. The molecule has 12 heteroatoms. The highest BCUT2D eigenvalue weighted by Crippen LogP contribution is 2.31. The first-order valence-corrected chi connectivity index (χ1v) is 10.3. The number of hydrogen-bond acceptors (Lipinski definition) is 6. The fourth-order valence-corrected chi connectivity index (χ4v) is 3.64. The molecule has 0 unspecified atom stereocenters. The fraction of sp³-hybridized carbons (Fsp3) is 0.286. The molecule has 0 radical (unpaired) electrons. The van der Waals surface area contributed by atoms with E-state index in [1.807, 2.05) is 22.2 Å². The predicted molar refractivity (Wildman–Crippen MR) is 114 cm³/mol. The lowest BCUT2D eigenvalue weighted by atomic mass is 10.1. The number of alkyl halides is 3. The number of fused-ring (bicyclic) bond motifs is 1. The van der Waals surface area contributed by atoms with Gasteiger partial charge < -0.3 is 10.1 Å². The van der Waals surface area contributed by atoms with Crippen LogP contribution in [0.1, 0.15) is 23.1 Å². The van der Waals surface area contributed by atoms with Gasteiger partial charge in [-0.3, -0.25) is 9.80 Å². The predicted octanol–water partition coefficient (Wildman–Crippen LogP) is 3.53. The van der Waals surface area contributed by atoms with Crippen molar-refractivity contribution in [3.8, 4) is 5.82 Å². The summed E-state index contributed by atoms with van der Waals surface area (Å²) in [6.45, 7) is 3.61. The third-order valence-electron chi connectivity index (χ3n) is 5.09. The average Bonchev–Trinajstić information content (AvgIpc) is 3.37. The molecule has 0 atom stereocenters. The minimum absolute atomic E-state index is 0.0527. The molecule has 0 fully saturated rings. The molecule has 4 rings (SSSR count). The Balaban J connectivity index is 1.66. The van der Waals surface area contributed by atoms with E-state index >= 15 is 0 Å². The van der Waals surface area contributed by atoms with Crippen molar-refractivity contribution in [2.75, 3.05) is 26.8 Å². The van der Waals surface area contributed by atoms with Crippen LogP contribution in [0.5, 0.6) is 0 Å². The van der Waals surface area contributed by atoms with Crippen molar-refractivity contribution in [3.63, 3.8) is 0 Å². The zero-order valence-corrected chi connectivity index (χ0v) is 18.5. The quantitative estimate of drug-likeness (QED) is 0.681. The van der Waals surface area contributed by atoms with Crippen LogP contribution in [-0.4, -0.2) is 57.5 Å². The third kappa shape index (κ3) is 4.65. The monoisotopic (exact) mass is 480 g/mol. The van der Waals surface area contributed by atoms with Crippen LogP contribution in [-0.2, 0) is 10.9 Å². The number of rotatable bonds is 6. The van der Waals surface area contributed by atoms with Crippen LogP contribution in [0, 0.1) is 0 Å². The molecule has 1 amide bonds. The van der Waals surface area contributed by atoms with Crippen LogP contribution in [0.2, 0.25) is 5.02 Å². The van der Waals surface area contributed by atoms with Crippen molar-refractivity contribution < 1.29 is 22.7 Å². The summed E-state index contributed by atoms with van der Waals surface area (Å²) >= 11 is 6.11. The topological polar surface area (TPSA) is 75.5 Å². The molecule has 0 bridgehead atoms. The van der Waals surface area contributed by atoms with Gasteiger partial charge in [-0.1, -0.05) is 11.6 Å². The van der Waals surface area contributed by atoms with Crippen LogP contribution in [0.15, 0.2) is 59.7 Å². The zero-order valence-electron chi connectivity index (χ0n) is 17.7. The lowest BCUT2D eigenvalue weighted by Gasteiger charge is -2.32. The molecule has 0 spiro atoms. The van der Waals surface area contributed by atoms with Gasteiger partial charge in [0, 0.05) is 38.7 Å². The van der Waals surface area contributed by atoms with Crippen molar-refractivity contribution in [1.29, 1.82) is 0 Å². The Morgan fingerprint density at radius 2 is 2.15 bits per heavy atom. The first kappa shape index (κ1) is 23.0. The van der Waals surface area contributed by atoms with Gasteiger partial charge in [-0.15, -0.1) is 0 Å². The molecule has 0 saturated carbocycles. The number of nitrogens with one attached hydrogen (secondary N) is 1. The van der Waals surface area contributed by atoms with Gasteiger partial charge in [0.15, 0.2) is 11.5 Å². The Morgan fingerprint density at radius 1 is 1.36 bits per heavy atom. The van der Waals surface area contributed by atoms with Gasteiger partial charge in [-0.05, 0) is 36.8 Å². The molecule has 2 aliphatic rings. The lowest BCUT2D eigenvalue weighted by molar-refractivity contribution is -0.141. The number of aromatic nitrogens is 3. The second kappa shape index (κ2) is 9.00. The molecule has 2 aliphatic heterocycles. The lowest BCUT2D eigenvalue weighted by Crippen LogP contribution is -2.38. The average molecular weight is 481 g/mol. The van der Waals surface area contributed by atoms with Crippen LogP contribution in [0.3, 0.4) is 0 Å². The van der Waals surface area contributed by atoms with Crippen molar-refractivity contribution in [2.45, 2.75) is 13.1 Å². The first-order chi connectivity index (χ1) is 15.7. The largest absolute Gasteiger partial charge is 0.435 e. The van der Waals surface area contributed by atoms with Crippen LogP contribution in [0.4, 0.5) is 13.2 Å². The maximum Gasteiger partial charge on any atom is 0.435 e. The van der Waals surface area contributed by atoms with Crippen molar-refractivity contribution in [2.24, 2.45) is 0 Å². The van der Waals surface area contributed by atoms with E-state index in [9.17, 15) is 18.0 Å². The summed E-state index contributed by atoms with van der Waals surface area (Å²) in [7, 11) is 1.61. The van der Waals surface area contributed by atoms with E-state index in [2.05, 4.69) is 15.4 Å². The summed E-state index contributed by atoms with van der Waals surface area (Å²) in [5, 5.41) is 10.2. The molecular formula is C21H20ClF3N6O2. The van der Waals surface area contributed by atoms with E-state index < -0.39 is 17.8 Å². The van der Waals surface area contributed by atoms with Gasteiger partial charge in [0.05, 0.1) is 23.0 Å². The van der Waals surface area contributed by atoms with Crippen molar-refractivity contribution in [1.82, 2.24) is 30.1 Å². The van der Waals surface area contributed by atoms with E-state index in [4.69, 9.17) is 16.3 Å². The first-order valence-electron chi connectivity index (χ1n) is 9.92. The Hall–Kier alpha value is -3.15. The number of pyridine rings is 1. The third-order valence-corrected chi connectivity index (χ3v) is 5.39. The van der Waals surface area contributed by atoms with Crippen molar-refractivity contribution in [3.05, 3.63) is 76.1 Å². The van der Waals surface area contributed by atoms with E-state index in [-0.39, 0.29) is 16.5 Å². The van der Waals surface area contributed by atoms with Gasteiger partial charge >= 0.3 is 6.18 Å². The Bertz CT molecular complexity index is 1170. The number of ether oxygens (including phenoxy) is 1. The van der Waals surface area contributed by atoms with E-state index in [0.717, 1.165) is 16.0 Å². The molecule has 174 valence electrons. The standard InChI is InChI=1S/C21H20ClF3N6O2/c1-13-10-14-5-7-29(8-9-33-2)30(14)12-16(13)27-20(32)17-11-18(21(23,24)25)28-31(17)19-15(22)4-3-6-26-19/h3-6,10-12H,7-9H2,1-2H3,(H,27,32). The van der Waals surface area contributed by atoms with Gasteiger partial charge in [0.2, 0.25) is 0 Å². The van der Waals surface area contributed by atoms with Gasteiger partial charge in [-0.25, -0.2) is 14.7 Å². The maximum absolute atomic E-state index is 13.4. The number of allylic oxidation sites excluding steroid dienone is 2. The summed E-state index contributed by atoms with van der Waals surface area (Å²) in [4.78, 5) is 17.1. The van der Waals surface area contributed by atoms with Gasteiger partial charge in [-0.2, -0.15) is 18.3 Å². The highest BCUT2D eigenvalue weighted by Gasteiger charge is 2.37. The molecular weight excluding hydrogens is 461 g/mol. The Labute approximate surface area is 192 Å². The zero-order chi connectivity index (χ0) is 23.8. The molecule has 0 aliphatic carbocycles. The molecule has 33 heavy (non-hydrogen) atoms. The summed E-state index contributed by atoms with van der Waals surface area (Å²) in [5.74, 6) is -0.867. The van der Waals surface area contributed by atoms with Gasteiger partial charge in [0.1, 0.15) is 5.69 Å². The number of amides is 1. The number of hydrazine groups is 1. The number of methoxy groups -OCH3 is 1. The van der Waals surface area contributed by atoms with Crippen LogP contribution < -0.4 is 5.32 Å². The molecule has 0 aromatic carbocycles. The minimum Gasteiger partial charge on any atom is -0.383 e. The number of hydrogen-bond donors (Lipinski definition) is 1. The smallest absolute Gasteiger partial charge is 0.383 e. The molecule has 8 nitrogen and oxygen atoms in total. The Morgan fingerprint density at radius 3 is 2.85 bits per heavy atom. The summed E-state index contributed by atoms with van der Waals surface area (Å²) in [5.41, 5.74) is 0.545. The second-order valence-corrected chi connectivity index (χ2v) is 7.74.